The second kappa shape index (κ2) is 7.45. The molecule has 128 valence electrons. The van der Waals surface area contributed by atoms with Gasteiger partial charge in [-0.15, -0.1) is 0 Å². The van der Waals surface area contributed by atoms with Crippen molar-refractivity contribution in [3.05, 3.63) is 63.6 Å². The molecule has 0 aliphatic carbocycles. The number of hydrogen-bond acceptors (Lipinski definition) is 3. The number of benzene rings is 2. The highest BCUT2D eigenvalue weighted by molar-refractivity contribution is 6.35. The quantitative estimate of drug-likeness (QED) is 0.856. The Balaban J connectivity index is 1.97. The van der Waals surface area contributed by atoms with Crippen LogP contribution in [0.15, 0.2) is 42.5 Å². The number of carbonyl (C=O) groups is 1. The molecule has 3 rings (SSSR count). The summed E-state index contributed by atoms with van der Waals surface area (Å²) in [6.45, 7) is 0.954. The van der Waals surface area contributed by atoms with Gasteiger partial charge in [0, 0.05) is 28.9 Å². The van der Waals surface area contributed by atoms with E-state index in [9.17, 15) is 4.79 Å². The molecule has 0 aromatic heterocycles. The van der Waals surface area contributed by atoms with Gasteiger partial charge in [-0.2, -0.15) is 5.26 Å². The van der Waals surface area contributed by atoms with Crippen LogP contribution in [-0.4, -0.2) is 19.1 Å². The fourth-order valence-electron chi connectivity index (χ4n) is 3.13. The molecule has 1 amide bonds. The lowest BCUT2D eigenvalue weighted by molar-refractivity contribution is -0.125. The third-order valence-electron chi connectivity index (χ3n) is 4.48. The molecule has 1 saturated heterocycles. The average Bonchev–Trinajstić information content (AvgIpc) is 2.62. The van der Waals surface area contributed by atoms with Gasteiger partial charge in [-0.25, -0.2) is 0 Å². The molecular formula is C19H16Cl2N2O2. The lowest BCUT2D eigenvalue weighted by Crippen LogP contribution is -2.45. The number of rotatable bonds is 3. The van der Waals surface area contributed by atoms with Crippen molar-refractivity contribution >= 4 is 34.8 Å². The maximum atomic E-state index is 13.2. The molecular weight excluding hydrogens is 359 g/mol. The summed E-state index contributed by atoms with van der Waals surface area (Å²) < 4.78 is 5.45. The fraction of sp³-hybridized carbons (Fsp3) is 0.263. The molecule has 1 N–H and O–H groups in total. The van der Waals surface area contributed by atoms with Crippen LogP contribution in [0.2, 0.25) is 10.0 Å². The predicted molar refractivity (Wildman–Crippen MR) is 98.0 cm³/mol. The molecule has 0 atom stereocenters. The van der Waals surface area contributed by atoms with Crippen molar-refractivity contribution < 1.29 is 9.53 Å². The smallest absolute Gasteiger partial charge is 0.235 e. The normalized spacial score (nSPS) is 16.0. The summed E-state index contributed by atoms with van der Waals surface area (Å²) in [5, 5.41) is 13.0. The van der Waals surface area contributed by atoms with Gasteiger partial charge < -0.3 is 10.1 Å². The number of anilines is 1. The number of carbonyl (C=O) groups excluding carboxylic acids is 1. The van der Waals surface area contributed by atoms with Gasteiger partial charge >= 0.3 is 0 Å². The third kappa shape index (κ3) is 3.64. The lowest BCUT2D eigenvalue weighted by atomic mass is 9.73. The second-order valence-electron chi connectivity index (χ2n) is 5.97. The topological polar surface area (TPSA) is 62.1 Å². The summed E-state index contributed by atoms with van der Waals surface area (Å²) in [6, 6.07) is 14.1. The van der Waals surface area contributed by atoms with E-state index in [1.165, 1.54) is 0 Å². The molecule has 2 aromatic carbocycles. The first-order chi connectivity index (χ1) is 12.0. The van der Waals surface area contributed by atoms with Crippen LogP contribution in [0.3, 0.4) is 0 Å². The van der Waals surface area contributed by atoms with Crippen LogP contribution in [0.4, 0.5) is 5.69 Å². The summed E-state index contributed by atoms with van der Waals surface area (Å²) in [4.78, 5) is 13.2. The van der Waals surface area contributed by atoms with Crippen LogP contribution >= 0.6 is 23.2 Å². The second-order valence-corrected chi connectivity index (χ2v) is 6.81. The lowest BCUT2D eigenvalue weighted by Gasteiger charge is -2.36. The number of halogens is 2. The van der Waals surface area contributed by atoms with E-state index in [1.54, 1.807) is 42.5 Å². The van der Waals surface area contributed by atoms with E-state index in [0.29, 0.717) is 47.4 Å². The number of ether oxygens (including phenoxy) is 1. The van der Waals surface area contributed by atoms with Gasteiger partial charge in [-0.3, -0.25) is 4.79 Å². The van der Waals surface area contributed by atoms with Crippen molar-refractivity contribution in [1.82, 2.24) is 0 Å². The Bertz CT molecular complexity index is 840. The van der Waals surface area contributed by atoms with Gasteiger partial charge in [0.1, 0.15) is 0 Å². The van der Waals surface area contributed by atoms with Gasteiger partial charge in [0.05, 0.1) is 17.0 Å². The maximum Gasteiger partial charge on any atom is 0.235 e. The van der Waals surface area contributed by atoms with Crippen LogP contribution in [0, 0.1) is 11.3 Å². The van der Waals surface area contributed by atoms with E-state index in [4.69, 9.17) is 33.2 Å². The maximum absolute atomic E-state index is 13.2. The summed E-state index contributed by atoms with van der Waals surface area (Å²) in [5.41, 5.74) is 1.03. The van der Waals surface area contributed by atoms with Crippen LogP contribution in [-0.2, 0) is 14.9 Å². The van der Waals surface area contributed by atoms with E-state index in [0.717, 1.165) is 5.56 Å². The van der Waals surface area contributed by atoms with Crippen molar-refractivity contribution in [3.63, 3.8) is 0 Å². The molecule has 0 bridgehead atoms. The predicted octanol–water partition coefficient (Wildman–Crippen LogP) is 4.55. The van der Waals surface area contributed by atoms with Gasteiger partial charge in [0.25, 0.3) is 0 Å². The van der Waals surface area contributed by atoms with Gasteiger partial charge in [0.15, 0.2) is 0 Å². The monoisotopic (exact) mass is 374 g/mol. The van der Waals surface area contributed by atoms with E-state index in [-0.39, 0.29) is 5.91 Å². The van der Waals surface area contributed by atoms with Gasteiger partial charge in [-0.05, 0) is 48.7 Å². The summed E-state index contributed by atoms with van der Waals surface area (Å²) in [5.74, 6) is -0.157. The third-order valence-corrected chi connectivity index (χ3v) is 5.03. The van der Waals surface area contributed by atoms with Crippen molar-refractivity contribution in [3.8, 4) is 6.07 Å². The minimum absolute atomic E-state index is 0.157. The first kappa shape index (κ1) is 17.8. The van der Waals surface area contributed by atoms with E-state index in [2.05, 4.69) is 11.4 Å². The van der Waals surface area contributed by atoms with E-state index >= 15 is 0 Å². The molecule has 6 heteroatoms. The Morgan fingerprint density at radius 3 is 2.60 bits per heavy atom. The Morgan fingerprint density at radius 2 is 1.92 bits per heavy atom. The SMILES string of the molecule is N#Cc1cccc(NC(=O)C2(c3ccc(Cl)cc3Cl)CCOCC2)c1. The highest BCUT2D eigenvalue weighted by Gasteiger charge is 2.43. The van der Waals surface area contributed by atoms with Crippen LogP contribution in [0.1, 0.15) is 24.0 Å². The summed E-state index contributed by atoms with van der Waals surface area (Å²) >= 11 is 12.4. The number of amides is 1. The van der Waals surface area contributed by atoms with Gasteiger partial charge in [0.2, 0.25) is 5.91 Å². The Labute approximate surface area is 156 Å². The summed E-state index contributed by atoms with van der Waals surface area (Å²) in [6.07, 6.45) is 1.05. The molecule has 25 heavy (non-hydrogen) atoms. The molecule has 4 nitrogen and oxygen atoms in total. The van der Waals surface area contributed by atoms with Crippen LogP contribution in [0.5, 0.6) is 0 Å². The molecule has 1 heterocycles. The van der Waals surface area contributed by atoms with Crippen LogP contribution in [0.25, 0.3) is 0 Å². The van der Waals surface area contributed by atoms with Crippen molar-refractivity contribution in [2.45, 2.75) is 18.3 Å². The molecule has 0 unspecified atom stereocenters. The molecule has 1 aliphatic heterocycles. The number of nitrogens with one attached hydrogen (secondary N) is 1. The van der Waals surface area contributed by atoms with Gasteiger partial charge in [-0.1, -0.05) is 35.3 Å². The largest absolute Gasteiger partial charge is 0.381 e. The number of hydrogen-bond donors (Lipinski definition) is 1. The standard InChI is InChI=1S/C19H16Cl2N2O2/c20-14-4-5-16(17(21)11-14)19(6-8-25-9-7-19)18(24)23-15-3-1-2-13(10-15)12-22/h1-5,10-11H,6-9H2,(H,23,24). The number of nitriles is 1. The zero-order chi connectivity index (χ0) is 17.9. The minimum atomic E-state index is -0.789. The molecule has 0 saturated carbocycles. The zero-order valence-corrected chi connectivity index (χ0v) is 14.9. The molecule has 2 aromatic rings. The fourth-order valence-corrected chi connectivity index (χ4v) is 3.72. The van der Waals surface area contributed by atoms with E-state index < -0.39 is 5.41 Å². The average molecular weight is 375 g/mol. The molecule has 1 fully saturated rings. The molecule has 1 aliphatic rings. The summed E-state index contributed by atoms with van der Waals surface area (Å²) in [7, 11) is 0. The first-order valence-corrected chi connectivity index (χ1v) is 8.66. The highest BCUT2D eigenvalue weighted by atomic mass is 35.5. The first-order valence-electron chi connectivity index (χ1n) is 7.90. The number of nitrogens with zero attached hydrogens (tertiary/aromatic N) is 1. The van der Waals surface area contributed by atoms with Crippen molar-refractivity contribution in [1.29, 1.82) is 5.26 Å². The zero-order valence-electron chi connectivity index (χ0n) is 13.4. The Hall–Kier alpha value is -2.06. The van der Waals surface area contributed by atoms with Crippen molar-refractivity contribution in [2.75, 3.05) is 18.5 Å². The van der Waals surface area contributed by atoms with Crippen molar-refractivity contribution in [2.24, 2.45) is 0 Å². The highest BCUT2D eigenvalue weighted by Crippen LogP contribution is 2.40. The Morgan fingerprint density at radius 1 is 1.16 bits per heavy atom. The van der Waals surface area contributed by atoms with E-state index in [1.807, 2.05) is 0 Å². The Kier molecular flexibility index (Phi) is 5.29. The van der Waals surface area contributed by atoms with Crippen LogP contribution < -0.4 is 5.32 Å². The minimum Gasteiger partial charge on any atom is -0.381 e. The molecule has 0 spiro atoms. The molecule has 0 radical (unpaired) electrons.